The number of rotatable bonds is 6. The first kappa shape index (κ1) is 21.6. The van der Waals surface area contributed by atoms with Crippen molar-refractivity contribution in [3.05, 3.63) is 42.8 Å². The number of Topliss-reactive ketones (excluding diaryl/α,β-unsaturated/α-hetero) is 1. The van der Waals surface area contributed by atoms with E-state index in [-0.39, 0.29) is 30.7 Å². The molecule has 0 aromatic heterocycles. The first-order chi connectivity index (χ1) is 13.3. The topological polar surface area (TPSA) is 87.5 Å². The zero-order valence-electron chi connectivity index (χ0n) is 16.7. The van der Waals surface area contributed by atoms with Crippen molar-refractivity contribution in [2.45, 2.75) is 38.9 Å². The van der Waals surface area contributed by atoms with E-state index in [0.717, 1.165) is 5.06 Å². The van der Waals surface area contributed by atoms with Crippen molar-refractivity contribution in [3.63, 3.8) is 0 Å². The van der Waals surface area contributed by atoms with Gasteiger partial charge in [-0.2, -0.15) is 15.3 Å². The number of nitrogens with zero attached hydrogens (tertiary/aromatic N) is 4. The largest absolute Gasteiger partial charge is 1.00 e. The van der Waals surface area contributed by atoms with Crippen molar-refractivity contribution >= 4 is 22.8 Å². The molecule has 0 aliphatic carbocycles. The summed E-state index contributed by atoms with van der Waals surface area (Å²) >= 11 is 0. The van der Waals surface area contributed by atoms with Gasteiger partial charge in [0.15, 0.2) is 11.3 Å². The molecule has 0 radical (unpaired) electrons. The molecule has 0 saturated carbocycles. The second-order valence-corrected chi connectivity index (χ2v) is 7.80. The predicted molar refractivity (Wildman–Crippen MR) is 105 cm³/mol. The van der Waals surface area contributed by atoms with Gasteiger partial charge < -0.3 is 22.4 Å². The van der Waals surface area contributed by atoms with E-state index in [9.17, 15) is 20.3 Å². The number of anilines is 2. The van der Waals surface area contributed by atoms with E-state index in [1.54, 1.807) is 46.6 Å². The SMILES string of the molecule is CCC1N(O)c2ccc3cc2[N+]1(O)N3C1(C(=O)C(C)C)C=CN(CCO)C=C1.[Cl-]. The maximum absolute atomic E-state index is 13.5. The smallest absolute Gasteiger partial charge is 0.246 e. The maximum atomic E-state index is 13.5. The maximum Gasteiger partial charge on any atom is 0.246 e. The van der Waals surface area contributed by atoms with E-state index in [1.165, 1.54) is 0 Å². The van der Waals surface area contributed by atoms with Gasteiger partial charge in [-0.25, -0.2) is 0 Å². The summed E-state index contributed by atoms with van der Waals surface area (Å²) in [5.74, 6) is -0.345. The number of ketones is 1. The Hall–Kier alpha value is -2.10. The monoisotopic (exact) mass is 422 g/mol. The average Bonchev–Trinajstić information content (AvgIpc) is 3.03. The van der Waals surface area contributed by atoms with Gasteiger partial charge in [-0.1, -0.05) is 20.8 Å². The Labute approximate surface area is 176 Å². The number of β-amino-alcohol motifs (C(OH)–C–C–N with tert-alkyl or cyclic N) is 1. The fourth-order valence-electron chi connectivity index (χ4n) is 4.55. The van der Waals surface area contributed by atoms with Crippen molar-refractivity contribution in [3.8, 4) is 0 Å². The van der Waals surface area contributed by atoms with Crippen molar-refractivity contribution in [2.75, 3.05) is 23.2 Å². The highest BCUT2D eigenvalue weighted by Crippen LogP contribution is 2.55. The molecule has 2 atom stereocenters. The fourth-order valence-corrected chi connectivity index (χ4v) is 4.55. The summed E-state index contributed by atoms with van der Waals surface area (Å²) in [5, 5.41) is 34.5. The van der Waals surface area contributed by atoms with Crippen LogP contribution in [0.15, 0.2) is 42.8 Å². The van der Waals surface area contributed by atoms with E-state index >= 15 is 0 Å². The lowest BCUT2D eigenvalue weighted by Crippen LogP contribution is -3.00. The van der Waals surface area contributed by atoms with Crippen LogP contribution < -0.4 is 27.2 Å². The van der Waals surface area contributed by atoms with Gasteiger partial charge in [0.1, 0.15) is 11.4 Å². The van der Waals surface area contributed by atoms with Gasteiger partial charge >= 0.3 is 0 Å². The second-order valence-electron chi connectivity index (χ2n) is 7.80. The highest BCUT2D eigenvalue weighted by molar-refractivity contribution is 6.00. The van der Waals surface area contributed by atoms with Gasteiger partial charge in [0, 0.05) is 37.3 Å². The molecule has 3 N–H and O–H groups in total. The summed E-state index contributed by atoms with van der Waals surface area (Å²) in [6, 6.07) is 5.40. The molecule has 0 fully saturated rings. The zero-order valence-corrected chi connectivity index (χ0v) is 17.5. The summed E-state index contributed by atoms with van der Waals surface area (Å²) in [6.07, 6.45) is 6.88. The van der Waals surface area contributed by atoms with Crippen LogP contribution >= 0.6 is 0 Å². The van der Waals surface area contributed by atoms with Crippen LogP contribution in [0.25, 0.3) is 0 Å². The fraction of sp³-hybridized carbons (Fsp3) is 0.450. The van der Waals surface area contributed by atoms with Gasteiger partial charge in [-0.15, -0.1) is 0 Å². The Morgan fingerprint density at radius 2 is 1.93 bits per heavy atom. The Kier molecular flexibility index (Phi) is 5.44. The lowest BCUT2D eigenvalue weighted by Gasteiger charge is -2.47. The third-order valence-electron chi connectivity index (χ3n) is 5.84. The molecule has 2 bridgehead atoms. The highest BCUT2D eigenvalue weighted by atomic mass is 35.5. The average molecular weight is 423 g/mol. The predicted octanol–water partition coefficient (Wildman–Crippen LogP) is -0.633. The Morgan fingerprint density at radius 1 is 1.28 bits per heavy atom. The van der Waals surface area contributed by atoms with Crippen LogP contribution in [0.3, 0.4) is 0 Å². The first-order valence-corrected chi connectivity index (χ1v) is 9.65. The van der Waals surface area contributed by atoms with Crippen LogP contribution in [0.5, 0.6) is 0 Å². The standard InChI is InChI=1S/C20H27N4O4.ClH/c1-4-18-22(27)16-6-5-15-13-17(16)24(18,28)23(15)20(19(26)14(2)3)7-9-21(10-8-20)11-12-25;/h5-10,13-14,18,25,27-28H,4,11-12H2,1-3H3;1H/q+1;/p-1. The van der Waals surface area contributed by atoms with E-state index in [4.69, 9.17) is 0 Å². The quantitative estimate of drug-likeness (QED) is 0.526. The summed E-state index contributed by atoms with van der Waals surface area (Å²) in [4.78, 5) is 15.3. The van der Waals surface area contributed by atoms with Crippen LogP contribution in [-0.4, -0.2) is 51.1 Å². The van der Waals surface area contributed by atoms with Crippen molar-refractivity contribution < 1.29 is 32.7 Å². The molecule has 0 spiro atoms. The number of carbonyl (C=O) groups excluding carboxylic acids is 1. The molecule has 0 saturated heterocycles. The molecule has 3 aliphatic heterocycles. The minimum atomic E-state index is -1.22. The number of halogens is 1. The van der Waals surface area contributed by atoms with E-state index < -0.39 is 16.5 Å². The minimum absolute atomic E-state index is 0. The van der Waals surface area contributed by atoms with Crippen LogP contribution in [0.1, 0.15) is 27.2 Å². The van der Waals surface area contributed by atoms with Crippen molar-refractivity contribution in [2.24, 2.45) is 5.92 Å². The van der Waals surface area contributed by atoms with E-state index in [2.05, 4.69) is 0 Å². The number of quaternary nitrogens is 1. The number of hydrogen-bond acceptors (Lipinski definition) is 7. The molecular weight excluding hydrogens is 396 g/mol. The number of aliphatic hydroxyl groups is 1. The Bertz CT molecular complexity index is 860. The second kappa shape index (κ2) is 7.30. The molecule has 1 aromatic carbocycles. The summed E-state index contributed by atoms with van der Waals surface area (Å²) in [6.45, 7) is 5.97. The third-order valence-corrected chi connectivity index (χ3v) is 5.84. The number of carbonyl (C=O) groups is 1. The van der Waals surface area contributed by atoms with Gasteiger partial charge in [0.25, 0.3) is 0 Å². The number of hydroxylamine groups is 2. The molecule has 4 rings (SSSR count). The summed E-state index contributed by atoms with van der Waals surface area (Å²) in [7, 11) is 0. The molecular formula is C20H27ClN4O4. The number of hydrogen-bond donors (Lipinski definition) is 3. The molecule has 8 nitrogen and oxygen atoms in total. The zero-order chi connectivity index (χ0) is 20.3. The van der Waals surface area contributed by atoms with Crippen LogP contribution in [0.2, 0.25) is 0 Å². The molecule has 3 aliphatic rings. The molecule has 2 unspecified atom stereocenters. The van der Waals surface area contributed by atoms with Crippen LogP contribution in [-0.2, 0) is 4.79 Å². The van der Waals surface area contributed by atoms with Crippen LogP contribution in [0.4, 0.5) is 17.1 Å². The summed E-state index contributed by atoms with van der Waals surface area (Å²) < 4.78 is -0.669. The minimum Gasteiger partial charge on any atom is -1.00 e. The lowest BCUT2D eigenvalue weighted by atomic mass is 9.84. The van der Waals surface area contributed by atoms with Gasteiger partial charge in [-0.05, 0) is 29.0 Å². The number of fused-ring (bicyclic) bond motifs is 1. The molecule has 158 valence electrons. The highest BCUT2D eigenvalue weighted by Gasteiger charge is 2.66. The molecule has 9 heteroatoms. The van der Waals surface area contributed by atoms with Gasteiger partial charge in [-0.3, -0.25) is 10.0 Å². The molecule has 1 aromatic rings. The Balaban J connectivity index is 0.00000240. The normalized spacial score (nSPS) is 25.8. The third kappa shape index (κ3) is 2.71. The van der Waals surface area contributed by atoms with Gasteiger partial charge in [0.05, 0.1) is 6.61 Å². The van der Waals surface area contributed by atoms with Gasteiger partial charge in [0.2, 0.25) is 11.9 Å². The molecule has 3 heterocycles. The summed E-state index contributed by atoms with van der Waals surface area (Å²) in [5.41, 5.74) is 0.591. The lowest BCUT2D eigenvalue weighted by molar-refractivity contribution is -0.147. The number of aliphatic hydroxyl groups excluding tert-OH is 1. The van der Waals surface area contributed by atoms with Crippen molar-refractivity contribution in [1.82, 2.24) is 9.66 Å². The van der Waals surface area contributed by atoms with E-state index in [0.29, 0.717) is 30.0 Å². The molecule has 29 heavy (non-hydrogen) atoms. The number of benzene rings is 1. The first-order valence-electron chi connectivity index (χ1n) is 9.65. The van der Waals surface area contributed by atoms with Crippen molar-refractivity contribution in [1.29, 1.82) is 0 Å². The molecule has 0 amide bonds. The van der Waals surface area contributed by atoms with E-state index in [1.807, 2.05) is 26.8 Å². The Morgan fingerprint density at radius 3 is 2.48 bits per heavy atom. The van der Waals surface area contributed by atoms with Crippen LogP contribution in [0, 0.1) is 5.92 Å².